The molecule has 0 atom stereocenters. The van der Waals surface area contributed by atoms with E-state index in [1.807, 2.05) is 7.05 Å². The summed E-state index contributed by atoms with van der Waals surface area (Å²) in [6.07, 6.45) is 6.54. The molecule has 0 unspecified atom stereocenters. The highest BCUT2D eigenvalue weighted by atomic mass is 15.1. The van der Waals surface area contributed by atoms with Crippen molar-refractivity contribution in [1.29, 1.82) is 0 Å². The van der Waals surface area contributed by atoms with Gasteiger partial charge in [-0.15, -0.1) is 0 Å². The number of benzene rings is 1. The van der Waals surface area contributed by atoms with Crippen LogP contribution >= 0.6 is 0 Å². The number of fused-ring (bicyclic) bond motifs is 1. The van der Waals surface area contributed by atoms with Crippen LogP contribution in [0, 0.1) is 0 Å². The molecule has 17 heavy (non-hydrogen) atoms. The smallest absolute Gasteiger partial charge is 0.0398 e. The number of nitrogens with zero attached hydrogens (tertiary/aromatic N) is 1. The average molecular weight is 232 g/mol. The molecule has 0 aromatic heterocycles. The highest BCUT2D eigenvalue weighted by molar-refractivity contribution is 5.54. The first-order valence-corrected chi connectivity index (χ1v) is 6.89. The summed E-state index contributed by atoms with van der Waals surface area (Å²) in [6, 6.07) is 8.93. The van der Waals surface area contributed by atoms with E-state index < -0.39 is 0 Å². The van der Waals surface area contributed by atoms with Gasteiger partial charge in [0.1, 0.15) is 0 Å². The van der Waals surface area contributed by atoms with E-state index in [0.717, 1.165) is 6.54 Å². The Morgan fingerprint density at radius 1 is 1.18 bits per heavy atom. The molecule has 0 saturated carbocycles. The number of aryl methyl sites for hydroxylation is 1. The molecule has 1 aliphatic heterocycles. The lowest BCUT2D eigenvalue weighted by Crippen LogP contribution is -2.29. The third kappa shape index (κ3) is 3.47. The highest BCUT2D eigenvalue weighted by Gasteiger charge is 2.12. The lowest BCUT2D eigenvalue weighted by molar-refractivity contribution is 0.611. The molecule has 0 fully saturated rings. The SMILES string of the molecule is CNCCCN1CCCCCc2ccccc21. The van der Waals surface area contributed by atoms with Gasteiger partial charge < -0.3 is 10.2 Å². The molecule has 2 nitrogen and oxygen atoms in total. The van der Waals surface area contributed by atoms with Gasteiger partial charge in [0.15, 0.2) is 0 Å². The molecule has 0 bridgehead atoms. The number of hydrogen-bond acceptors (Lipinski definition) is 2. The molecule has 2 rings (SSSR count). The molecular weight excluding hydrogens is 208 g/mol. The fraction of sp³-hybridized carbons (Fsp3) is 0.600. The lowest BCUT2D eigenvalue weighted by atomic mass is 10.0. The van der Waals surface area contributed by atoms with Crippen molar-refractivity contribution in [2.45, 2.75) is 32.1 Å². The quantitative estimate of drug-likeness (QED) is 0.803. The minimum absolute atomic E-state index is 1.11. The van der Waals surface area contributed by atoms with Crippen molar-refractivity contribution in [3.05, 3.63) is 29.8 Å². The van der Waals surface area contributed by atoms with Gasteiger partial charge in [-0.1, -0.05) is 24.6 Å². The van der Waals surface area contributed by atoms with Gasteiger partial charge in [0.25, 0.3) is 0 Å². The van der Waals surface area contributed by atoms with Crippen LogP contribution in [0.3, 0.4) is 0 Å². The molecule has 0 radical (unpaired) electrons. The van der Waals surface area contributed by atoms with Gasteiger partial charge in [-0.05, 0) is 50.9 Å². The fourth-order valence-corrected chi connectivity index (χ4v) is 2.63. The van der Waals surface area contributed by atoms with Crippen LogP contribution in [0.5, 0.6) is 0 Å². The van der Waals surface area contributed by atoms with Gasteiger partial charge in [0.05, 0.1) is 0 Å². The predicted octanol–water partition coefficient (Wildman–Crippen LogP) is 2.83. The summed E-state index contributed by atoms with van der Waals surface area (Å²) in [5.74, 6) is 0. The van der Waals surface area contributed by atoms with E-state index in [9.17, 15) is 0 Å². The van der Waals surface area contributed by atoms with E-state index in [0.29, 0.717) is 0 Å². The number of para-hydroxylation sites is 1. The number of nitrogens with one attached hydrogen (secondary N) is 1. The molecular formula is C15H24N2. The maximum atomic E-state index is 3.23. The summed E-state index contributed by atoms with van der Waals surface area (Å²) >= 11 is 0. The van der Waals surface area contributed by atoms with Crippen molar-refractivity contribution >= 4 is 5.69 Å². The van der Waals surface area contributed by atoms with Crippen molar-refractivity contribution in [1.82, 2.24) is 5.32 Å². The minimum atomic E-state index is 1.11. The predicted molar refractivity (Wildman–Crippen MR) is 74.8 cm³/mol. The van der Waals surface area contributed by atoms with Crippen LogP contribution in [0.1, 0.15) is 31.2 Å². The molecule has 0 spiro atoms. The second-order valence-corrected chi connectivity index (χ2v) is 4.88. The lowest BCUT2D eigenvalue weighted by Gasteiger charge is -2.29. The van der Waals surface area contributed by atoms with Crippen molar-refractivity contribution in [3.63, 3.8) is 0 Å². The Kier molecular flexibility index (Phi) is 4.87. The van der Waals surface area contributed by atoms with Gasteiger partial charge in [0, 0.05) is 18.8 Å². The maximum absolute atomic E-state index is 3.23. The van der Waals surface area contributed by atoms with Gasteiger partial charge in [-0.25, -0.2) is 0 Å². The second kappa shape index (κ2) is 6.65. The standard InChI is InChI=1S/C15H24N2/c1-16-11-7-13-17-12-6-2-3-8-14-9-4-5-10-15(14)17/h4-5,9-10,16H,2-3,6-8,11-13H2,1H3. The molecule has 1 aromatic rings. The van der Waals surface area contributed by atoms with Gasteiger partial charge in [-0.2, -0.15) is 0 Å². The number of hydrogen-bond donors (Lipinski definition) is 1. The topological polar surface area (TPSA) is 15.3 Å². The van der Waals surface area contributed by atoms with Crippen molar-refractivity contribution in [2.75, 3.05) is 31.6 Å². The molecule has 1 heterocycles. The summed E-state index contributed by atoms with van der Waals surface area (Å²) in [5, 5.41) is 3.23. The van der Waals surface area contributed by atoms with E-state index in [1.165, 1.54) is 56.4 Å². The summed E-state index contributed by atoms with van der Waals surface area (Å²) in [5.41, 5.74) is 3.01. The van der Waals surface area contributed by atoms with Crippen LogP contribution in [0.4, 0.5) is 5.69 Å². The second-order valence-electron chi connectivity index (χ2n) is 4.88. The molecule has 1 aliphatic rings. The molecule has 1 aromatic carbocycles. The van der Waals surface area contributed by atoms with E-state index in [2.05, 4.69) is 34.5 Å². The Bertz CT molecular complexity index is 335. The summed E-state index contributed by atoms with van der Waals surface area (Å²) in [7, 11) is 2.03. The van der Waals surface area contributed by atoms with Crippen LogP contribution in [0.25, 0.3) is 0 Å². The molecule has 0 saturated heterocycles. The van der Waals surface area contributed by atoms with Crippen LogP contribution in [0.2, 0.25) is 0 Å². The first kappa shape index (κ1) is 12.4. The fourth-order valence-electron chi connectivity index (χ4n) is 2.63. The van der Waals surface area contributed by atoms with Crippen LogP contribution in [-0.4, -0.2) is 26.7 Å². The Morgan fingerprint density at radius 3 is 2.94 bits per heavy atom. The zero-order valence-electron chi connectivity index (χ0n) is 10.9. The van der Waals surface area contributed by atoms with E-state index >= 15 is 0 Å². The Morgan fingerprint density at radius 2 is 2.06 bits per heavy atom. The average Bonchev–Trinajstić information content (AvgIpc) is 2.34. The summed E-state index contributed by atoms with van der Waals surface area (Å²) in [4.78, 5) is 2.58. The maximum Gasteiger partial charge on any atom is 0.0398 e. The van der Waals surface area contributed by atoms with E-state index in [-0.39, 0.29) is 0 Å². The number of anilines is 1. The molecule has 0 aliphatic carbocycles. The summed E-state index contributed by atoms with van der Waals surface area (Å²) in [6.45, 7) is 3.51. The van der Waals surface area contributed by atoms with E-state index in [4.69, 9.17) is 0 Å². The van der Waals surface area contributed by atoms with Gasteiger partial charge in [0.2, 0.25) is 0 Å². The van der Waals surface area contributed by atoms with Crippen LogP contribution < -0.4 is 10.2 Å². The molecule has 1 N–H and O–H groups in total. The van der Waals surface area contributed by atoms with E-state index in [1.54, 1.807) is 0 Å². The zero-order valence-corrected chi connectivity index (χ0v) is 10.9. The minimum Gasteiger partial charge on any atom is -0.371 e. The van der Waals surface area contributed by atoms with Crippen molar-refractivity contribution in [2.24, 2.45) is 0 Å². The Hall–Kier alpha value is -1.02. The highest BCUT2D eigenvalue weighted by Crippen LogP contribution is 2.25. The zero-order chi connectivity index (χ0) is 11.9. The van der Waals surface area contributed by atoms with Crippen molar-refractivity contribution < 1.29 is 0 Å². The first-order valence-electron chi connectivity index (χ1n) is 6.89. The van der Waals surface area contributed by atoms with Gasteiger partial charge in [-0.3, -0.25) is 0 Å². The largest absolute Gasteiger partial charge is 0.371 e. The normalized spacial score (nSPS) is 16.2. The summed E-state index contributed by atoms with van der Waals surface area (Å²) < 4.78 is 0. The third-order valence-electron chi connectivity index (χ3n) is 3.56. The third-order valence-corrected chi connectivity index (χ3v) is 3.56. The number of rotatable bonds is 4. The van der Waals surface area contributed by atoms with Gasteiger partial charge >= 0.3 is 0 Å². The first-order chi connectivity index (χ1) is 8.42. The Balaban J connectivity index is 2.08. The Labute approximate surface area is 105 Å². The van der Waals surface area contributed by atoms with Crippen LogP contribution in [-0.2, 0) is 6.42 Å². The van der Waals surface area contributed by atoms with Crippen LogP contribution in [0.15, 0.2) is 24.3 Å². The monoisotopic (exact) mass is 232 g/mol. The molecule has 0 amide bonds. The molecule has 94 valence electrons. The van der Waals surface area contributed by atoms with Crippen molar-refractivity contribution in [3.8, 4) is 0 Å². The molecule has 2 heteroatoms.